The molecule has 0 bridgehead atoms. The summed E-state index contributed by atoms with van der Waals surface area (Å²) in [5.41, 5.74) is 8.05. The summed E-state index contributed by atoms with van der Waals surface area (Å²) in [4.78, 5) is 71.2. The van der Waals surface area contributed by atoms with Gasteiger partial charge in [-0.05, 0) is 26.0 Å². The smallest absolute Gasteiger partial charge is 0.344 e. The van der Waals surface area contributed by atoms with Crippen molar-refractivity contribution in [1.29, 1.82) is 0 Å². The lowest BCUT2D eigenvalue weighted by Gasteiger charge is -2.29. The summed E-state index contributed by atoms with van der Waals surface area (Å²) in [7, 11) is 1.25. The van der Waals surface area contributed by atoms with Crippen LogP contribution in [-0.4, -0.2) is 72.1 Å². The van der Waals surface area contributed by atoms with E-state index in [1.165, 1.54) is 30.2 Å². The Kier molecular flexibility index (Phi) is 11.1. The topological polar surface area (TPSA) is 179 Å². The van der Waals surface area contributed by atoms with E-state index >= 15 is 0 Å². The molecule has 1 fully saturated rings. The quantitative estimate of drug-likeness (QED) is 0.236. The second-order valence-corrected chi connectivity index (χ2v) is 7.70. The number of likely N-dealkylation sites (N-methyl/N-ethyl adjacent to an activating group) is 1. The molecule has 0 aromatic carbocycles. The number of hydrogen-bond donors (Lipinski definition) is 3. The van der Waals surface area contributed by atoms with Crippen LogP contribution < -0.4 is 16.8 Å². The normalized spacial score (nSPS) is 20.6. The molecule has 3 unspecified atom stereocenters. The van der Waals surface area contributed by atoms with Crippen LogP contribution in [0.25, 0.3) is 0 Å². The molecule has 2 aliphatic rings. The SMILES string of the molecule is CCCC1C(=O)CCN1C(N)=O.CCCOC(=O)C(NC)(C(N)=O)C(=O)C1C=CC=CC1=C=O. The number of primary amides is 2. The maximum Gasteiger partial charge on any atom is 0.344 e. The molecule has 1 heterocycles. The van der Waals surface area contributed by atoms with Gasteiger partial charge in [-0.1, -0.05) is 38.5 Å². The number of likely N-dealkylation sites (tertiary alicyclic amines) is 1. The zero-order chi connectivity index (χ0) is 25.9. The highest BCUT2D eigenvalue weighted by Crippen LogP contribution is 2.24. The van der Waals surface area contributed by atoms with Crippen molar-refractivity contribution in [2.24, 2.45) is 17.4 Å². The van der Waals surface area contributed by atoms with Crippen molar-refractivity contribution in [2.75, 3.05) is 20.2 Å². The zero-order valence-electron chi connectivity index (χ0n) is 19.7. The Morgan fingerprint density at radius 3 is 2.38 bits per heavy atom. The van der Waals surface area contributed by atoms with Gasteiger partial charge in [-0.25, -0.2) is 14.4 Å². The molecule has 1 aliphatic heterocycles. The molecular formula is C23H32N4O7. The molecule has 0 aromatic heterocycles. The van der Waals surface area contributed by atoms with E-state index < -0.39 is 35.1 Å². The van der Waals surface area contributed by atoms with E-state index in [1.54, 1.807) is 18.9 Å². The van der Waals surface area contributed by atoms with Crippen LogP contribution in [-0.2, 0) is 28.7 Å². The number of amides is 3. The van der Waals surface area contributed by atoms with E-state index in [4.69, 9.17) is 16.2 Å². The van der Waals surface area contributed by atoms with Crippen LogP contribution in [0.4, 0.5) is 4.79 Å². The summed E-state index contributed by atoms with van der Waals surface area (Å²) in [6.45, 7) is 4.30. The van der Waals surface area contributed by atoms with Gasteiger partial charge in [-0.15, -0.1) is 0 Å². The number of carbonyl (C=O) groups excluding carboxylic acids is 6. The summed E-state index contributed by atoms with van der Waals surface area (Å²) < 4.78 is 4.92. The number of esters is 1. The Bertz CT molecular complexity index is 920. The Hall–Kier alpha value is -3.56. The molecule has 0 aromatic rings. The first-order valence-corrected chi connectivity index (χ1v) is 11.0. The van der Waals surface area contributed by atoms with Crippen LogP contribution in [0.2, 0.25) is 0 Å². The number of nitrogens with zero attached hydrogens (tertiary/aromatic N) is 1. The number of allylic oxidation sites excluding steroid dienone is 5. The van der Waals surface area contributed by atoms with Crippen molar-refractivity contribution in [3.8, 4) is 0 Å². The minimum absolute atomic E-state index is 0.0108. The number of nitrogens with two attached hydrogens (primary N) is 2. The summed E-state index contributed by atoms with van der Waals surface area (Å²) in [6, 6.07) is -0.716. The molecule has 186 valence electrons. The maximum absolute atomic E-state index is 12.7. The van der Waals surface area contributed by atoms with Gasteiger partial charge < -0.3 is 21.1 Å². The molecule has 0 spiro atoms. The van der Waals surface area contributed by atoms with E-state index in [1.807, 2.05) is 6.92 Å². The third-order valence-corrected chi connectivity index (χ3v) is 5.48. The van der Waals surface area contributed by atoms with Gasteiger partial charge in [0, 0.05) is 13.0 Å². The van der Waals surface area contributed by atoms with Crippen molar-refractivity contribution < 1.29 is 33.5 Å². The minimum atomic E-state index is -2.35. The molecule has 0 saturated carbocycles. The Morgan fingerprint density at radius 2 is 1.88 bits per heavy atom. The van der Waals surface area contributed by atoms with Crippen molar-refractivity contribution >= 4 is 35.4 Å². The molecule has 11 heteroatoms. The Labute approximate surface area is 198 Å². The lowest BCUT2D eigenvalue weighted by atomic mass is 9.80. The van der Waals surface area contributed by atoms with Crippen LogP contribution >= 0.6 is 0 Å². The molecule has 0 radical (unpaired) electrons. The molecule has 1 saturated heterocycles. The predicted molar refractivity (Wildman–Crippen MR) is 123 cm³/mol. The van der Waals surface area contributed by atoms with Gasteiger partial charge in [0.15, 0.2) is 11.6 Å². The maximum atomic E-state index is 12.7. The van der Waals surface area contributed by atoms with Crippen LogP contribution in [0, 0.1) is 5.92 Å². The van der Waals surface area contributed by atoms with Gasteiger partial charge in [0.1, 0.15) is 5.94 Å². The van der Waals surface area contributed by atoms with E-state index in [-0.39, 0.29) is 24.0 Å². The predicted octanol–water partition coefficient (Wildman–Crippen LogP) is -0.0390. The van der Waals surface area contributed by atoms with Crippen molar-refractivity contribution in [2.45, 2.75) is 51.1 Å². The first-order chi connectivity index (χ1) is 16.1. The molecular weight excluding hydrogens is 444 g/mol. The molecule has 2 rings (SSSR count). The fraction of sp³-hybridized carbons (Fsp3) is 0.522. The van der Waals surface area contributed by atoms with Gasteiger partial charge >= 0.3 is 12.0 Å². The third-order valence-electron chi connectivity index (χ3n) is 5.48. The number of ether oxygens (including phenoxy) is 1. The molecule has 3 atom stereocenters. The van der Waals surface area contributed by atoms with Crippen LogP contribution in [0.15, 0.2) is 29.9 Å². The van der Waals surface area contributed by atoms with Crippen molar-refractivity contribution in [1.82, 2.24) is 10.2 Å². The molecule has 3 amide bonds. The number of urea groups is 1. The van der Waals surface area contributed by atoms with Crippen LogP contribution in [0.1, 0.15) is 39.5 Å². The Morgan fingerprint density at radius 1 is 1.21 bits per heavy atom. The molecule has 11 nitrogen and oxygen atoms in total. The highest BCUT2D eigenvalue weighted by molar-refractivity contribution is 6.28. The van der Waals surface area contributed by atoms with E-state index in [0.29, 0.717) is 19.4 Å². The summed E-state index contributed by atoms with van der Waals surface area (Å²) >= 11 is 0. The van der Waals surface area contributed by atoms with E-state index in [2.05, 4.69) is 5.32 Å². The number of ketones is 2. The third kappa shape index (κ3) is 6.27. The highest BCUT2D eigenvalue weighted by atomic mass is 16.5. The summed E-state index contributed by atoms with van der Waals surface area (Å²) in [6.07, 6.45) is 8.48. The first kappa shape index (κ1) is 28.5. The highest BCUT2D eigenvalue weighted by Gasteiger charge is 2.54. The largest absolute Gasteiger partial charge is 0.464 e. The number of Topliss-reactive ketones (excluding diaryl/α,β-unsaturated/α-hetero) is 2. The van der Waals surface area contributed by atoms with Gasteiger partial charge in [0.05, 0.1) is 24.1 Å². The average molecular weight is 477 g/mol. The second-order valence-electron chi connectivity index (χ2n) is 7.70. The monoisotopic (exact) mass is 476 g/mol. The van der Waals surface area contributed by atoms with Crippen LogP contribution in [0.5, 0.6) is 0 Å². The zero-order valence-corrected chi connectivity index (χ0v) is 19.7. The molecule has 5 N–H and O–H groups in total. The van der Waals surface area contributed by atoms with Gasteiger partial charge in [-0.2, -0.15) is 0 Å². The fourth-order valence-electron chi connectivity index (χ4n) is 3.66. The van der Waals surface area contributed by atoms with Gasteiger partial charge in [0.2, 0.25) is 0 Å². The lowest BCUT2D eigenvalue weighted by Crippen LogP contribution is -2.67. The first-order valence-electron chi connectivity index (χ1n) is 11.0. The second kappa shape index (κ2) is 13.2. The van der Waals surface area contributed by atoms with Crippen molar-refractivity contribution in [3.05, 3.63) is 29.9 Å². The van der Waals surface area contributed by atoms with Gasteiger partial charge in [0.25, 0.3) is 11.4 Å². The minimum Gasteiger partial charge on any atom is -0.464 e. The van der Waals surface area contributed by atoms with E-state index in [0.717, 1.165) is 12.8 Å². The van der Waals surface area contributed by atoms with Gasteiger partial charge in [-0.3, -0.25) is 19.7 Å². The number of carbonyl (C=O) groups is 5. The average Bonchev–Trinajstić information content (AvgIpc) is 3.19. The fourth-order valence-corrected chi connectivity index (χ4v) is 3.66. The van der Waals surface area contributed by atoms with Crippen LogP contribution in [0.3, 0.4) is 0 Å². The van der Waals surface area contributed by atoms with E-state index in [9.17, 15) is 28.8 Å². The lowest BCUT2D eigenvalue weighted by molar-refractivity contribution is -0.159. The Balaban J connectivity index is 0.000000404. The number of rotatable bonds is 9. The summed E-state index contributed by atoms with van der Waals surface area (Å²) in [5.74, 6) is -2.46. The molecule has 34 heavy (non-hydrogen) atoms. The molecule has 1 aliphatic carbocycles. The number of hydrogen-bond acceptors (Lipinski definition) is 8. The van der Waals surface area contributed by atoms with Crippen molar-refractivity contribution in [3.63, 3.8) is 0 Å². The standard InChI is InChI=1S/C15H18N2O5.C8H14N2O2/c1-3-8-22-14(21)15(17-2,13(16)20)12(19)11-7-5-4-6-10(11)9-18;1-2-3-6-7(11)4-5-10(6)8(9)12/h4-7,11,17H,3,8H2,1-2H3,(H2,16,20);6H,2-5H2,1H3,(H2,9,12). The summed E-state index contributed by atoms with van der Waals surface area (Å²) in [5, 5.41) is 2.37. The number of nitrogens with one attached hydrogen (secondary N) is 1.